The minimum atomic E-state index is -0.508. The van der Waals surface area contributed by atoms with Crippen molar-refractivity contribution in [3.8, 4) is 17.6 Å². The van der Waals surface area contributed by atoms with Crippen LogP contribution in [-0.4, -0.2) is 24.0 Å². The molecule has 24 heavy (non-hydrogen) atoms. The second-order valence-corrected chi connectivity index (χ2v) is 4.90. The van der Waals surface area contributed by atoms with Crippen molar-refractivity contribution < 1.29 is 19.4 Å². The Morgan fingerprint density at radius 2 is 1.96 bits per heavy atom. The number of carbonyl (C=O) groups excluding carboxylic acids is 2. The molecule has 0 heterocycles. The zero-order valence-electron chi connectivity index (χ0n) is 13.0. The molecule has 0 aromatic heterocycles. The lowest BCUT2D eigenvalue weighted by atomic mass is 10.1. The highest BCUT2D eigenvalue weighted by Crippen LogP contribution is 2.17. The van der Waals surface area contributed by atoms with Gasteiger partial charge in [0.15, 0.2) is 6.29 Å². The monoisotopic (exact) mass is 323 g/mol. The van der Waals surface area contributed by atoms with Gasteiger partial charge in [-0.15, -0.1) is 0 Å². The van der Waals surface area contributed by atoms with Crippen LogP contribution in [0.3, 0.4) is 0 Å². The molecule has 0 aliphatic carbocycles. The van der Waals surface area contributed by atoms with Crippen molar-refractivity contribution in [1.82, 2.24) is 5.32 Å². The number of amides is 1. The number of aldehydes is 1. The van der Waals surface area contributed by atoms with Crippen molar-refractivity contribution in [2.75, 3.05) is 6.54 Å². The lowest BCUT2D eigenvalue weighted by Gasteiger charge is -2.05. The summed E-state index contributed by atoms with van der Waals surface area (Å²) in [4.78, 5) is 22.4. The molecule has 0 aliphatic rings. The molecule has 0 bridgehead atoms. The van der Waals surface area contributed by atoms with Gasteiger partial charge in [-0.05, 0) is 17.7 Å². The van der Waals surface area contributed by atoms with E-state index in [4.69, 9.17) is 4.74 Å². The third-order valence-electron chi connectivity index (χ3n) is 3.16. The third-order valence-corrected chi connectivity index (χ3v) is 3.16. The third kappa shape index (κ3) is 5.18. The second kappa shape index (κ2) is 9.01. The molecule has 1 amide bonds. The minimum absolute atomic E-state index is 0.0978. The van der Waals surface area contributed by atoms with Crippen LogP contribution >= 0.6 is 0 Å². The van der Waals surface area contributed by atoms with E-state index in [2.05, 4.69) is 17.2 Å². The zero-order chi connectivity index (χ0) is 17.2. The first kappa shape index (κ1) is 17.1. The highest BCUT2D eigenvalue weighted by atomic mass is 16.5. The van der Waals surface area contributed by atoms with E-state index in [1.54, 1.807) is 12.1 Å². The lowest BCUT2D eigenvalue weighted by Crippen LogP contribution is -2.24. The van der Waals surface area contributed by atoms with E-state index < -0.39 is 6.09 Å². The molecule has 122 valence electrons. The summed E-state index contributed by atoms with van der Waals surface area (Å²) in [5.74, 6) is 5.55. The van der Waals surface area contributed by atoms with Crippen LogP contribution in [0.4, 0.5) is 4.79 Å². The fourth-order valence-corrected chi connectivity index (χ4v) is 1.94. The van der Waals surface area contributed by atoms with E-state index in [0.29, 0.717) is 24.8 Å². The van der Waals surface area contributed by atoms with E-state index in [1.165, 1.54) is 6.07 Å². The summed E-state index contributed by atoms with van der Waals surface area (Å²) >= 11 is 0. The average molecular weight is 323 g/mol. The summed E-state index contributed by atoms with van der Waals surface area (Å²) in [5, 5.41) is 12.1. The van der Waals surface area contributed by atoms with Crippen LogP contribution in [0.15, 0.2) is 48.5 Å². The number of nitrogens with one attached hydrogen (secondary N) is 1. The Hall–Kier alpha value is -3.26. The van der Waals surface area contributed by atoms with Gasteiger partial charge in [-0.1, -0.05) is 48.2 Å². The Kier molecular flexibility index (Phi) is 6.42. The van der Waals surface area contributed by atoms with Gasteiger partial charge in [-0.3, -0.25) is 4.79 Å². The first-order chi connectivity index (χ1) is 11.7. The number of hydrogen-bond donors (Lipinski definition) is 2. The number of rotatable bonds is 5. The summed E-state index contributed by atoms with van der Waals surface area (Å²) in [7, 11) is 0. The predicted octanol–water partition coefficient (Wildman–Crippen LogP) is 2.87. The number of carbonyl (C=O) groups is 2. The van der Waals surface area contributed by atoms with E-state index in [-0.39, 0.29) is 17.9 Å². The molecule has 0 spiro atoms. The predicted molar refractivity (Wildman–Crippen MR) is 89.6 cm³/mol. The first-order valence-electron chi connectivity index (χ1n) is 7.41. The molecule has 0 radical (unpaired) electrons. The summed E-state index contributed by atoms with van der Waals surface area (Å²) in [5.41, 5.74) is 1.54. The molecule has 0 atom stereocenters. The molecular weight excluding hydrogens is 306 g/mol. The Bertz CT molecular complexity index is 760. The number of ether oxygens (including phenoxy) is 1. The highest BCUT2D eigenvalue weighted by Gasteiger charge is 2.04. The van der Waals surface area contributed by atoms with Crippen LogP contribution in [-0.2, 0) is 11.3 Å². The molecule has 0 unspecified atom stereocenters. The molecule has 0 saturated heterocycles. The lowest BCUT2D eigenvalue weighted by molar-refractivity contribution is 0.112. The molecule has 5 nitrogen and oxygen atoms in total. The number of phenols is 1. The van der Waals surface area contributed by atoms with Gasteiger partial charge in [0.1, 0.15) is 12.4 Å². The molecule has 2 aromatic carbocycles. The molecule has 5 heteroatoms. The maximum atomic E-state index is 11.5. The number of aromatic hydroxyl groups is 1. The quantitative estimate of drug-likeness (QED) is 0.504. The molecule has 0 fully saturated rings. The van der Waals surface area contributed by atoms with Gasteiger partial charge in [-0.25, -0.2) is 4.79 Å². The van der Waals surface area contributed by atoms with Crippen LogP contribution in [0.1, 0.15) is 27.9 Å². The fourth-order valence-electron chi connectivity index (χ4n) is 1.94. The normalized spacial score (nSPS) is 9.50. The minimum Gasteiger partial charge on any atom is -0.507 e. The molecule has 2 aromatic rings. The summed E-state index contributed by atoms with van der Waals surface area (Å²) in [6.07, 6.45) is 0.457. The van der Waals surface area contributed by atoms with Gasteiger partial charge in [-0.2, -0.15) is 0 Å². The van der Waals surface area contributed by atoms with Crippen molar-refractivity contribution in [2.24, 2.45) is 0 Å². The maximum absolute atomic E-state index is 11.5. The van der Waals surface area contributed by atoms with E-state index in [1.807, 2.05) is 30.3 Å². The van der Waals surface area contributed by atoms with E-state index >= 15 is 0 Å². The summed E-state index contributed by atoms with van der Waals surface area (Å²) in [6, 6.07) is 14.1. The van der Waals surface area contributed by atoms with Gasteiger partial charge in [0, 0.05) is 18.5 Å². The number of phenolic OH excluding ortho intramolecular Hbond substituents is 1. The standard InChI is InChI=1S/C19H17NO4/c21-13-17-16(10-6-11-18(17)22)9-4-5-12-20-19(23)24-14-15-7-2-1-3-8-15/h1-3,6-8,10-11,13,22H,5,12,14H2,(H,20,23). The van der Waals surface area contributed by atoms with E-state index in [9.17, 15) is 14.7 Å². The Morgan fingerprint density at radius 3 is 2.71 bits per heavy atom. The van der Waals surface area contributed by atoms with Crippen molar-refractivity contribution in [3.05, 3.63) is 65.2 Å². The van der Waals surface area contributed by atoms with Gasteiger partial charge in [0.2, 0.25) is 0 Å². The van der Waals surface area contributed by atoms with E-state index in [0.717, 1.165) is 5.56 Å². The zero-order valence-corrected chi connectivity index (χ0v) is 13.0. The Labute approximate surface area is 140 Å². The van der Waals surface area contributed by atoms with Gasteiger partial charge >= 0.3 is 6.09 Å². The molecule has 2 rings (SSSR count). The summed E-state index contributed by atoms with van der Waals surface area (Å²) in [6.45, 7) is 0.542. The van der Waals surface area contributed by atoms with Crippen LogP contribution in [0.2, 0.25) is 0 Å². The molecule has 2 N–H and O–H groups in total. The van der Waals surface area contributed by atoms with Crippen molar-refractivity contribution in [2.45, 2.75) is 13.0 Å². The van der Waals surface area contributed by atoms with Gasteiger partial charge < -0.3 is 15.2 Å². The number of alkyl carbamates (subject to hydrolysis) is 1. The second-order valence-electron chi connectivity index (χ2n) is 4.90. The summed E-state index contributed by atoms with van der Waals surface area (Å²) < 4.78 is 5.07. The van der Waals surface area contributed by atoms with Crippen LogP contribution in [0.5, 0.6) is 5.75 Å². The Morgan fingerprint density at radius 1 is 1.17 bits per heavy atom. The van der Waals surface area contributed by atoms with Crippen LogP contribution in [0, 0.1) is 11.8 Å². The molecule has 0 saturated carbocycles. The Balaban J connectivity index is 1.74. The SMILES string of the molecule is O=Cc1c(O)cccc1C#CCCNC(=O)OCc1ccccc1. The number of hydrogen-bond acceptors (Lipinski definition) is 4. The van der Waals surface area contributed by atoms with Gasteiger partial charge in [0.25, 0.3) is 0 Å². The topological polar surface area (TPSA) is 75.6 Å². The van der Waals surface area contributed by atoms with Crippen molar-refractivity contribution in [3.63, 3.8) is 0 Å². The van der Waals surface area contributed by atoms with Crippen LogP contribution < -0.4 is 5.32 Å². The van der Waals surface area contributed by atoms with Crippen LogP contribution in [0.25, 0.3) is 0 Å². The molecule has 0 aliphatic heterocycles. The highest BCUT2D eigenvalue weighted by molar-refractivity contribution is 5.83. The van der Waals surface area contributed by atoms with Crippen molar-refractivity contribution in [1.29, 1.82) is 0 Å². The number of benzene rings is 2. The largest absolute Gasteiger partial charge is 0.507 e. The van der Waals surface area contributed by atoms with Gasteiger partial charge in [0.05, 0.1) is 5.56 Å². The smallest absolute Gasteiger partial charge is 0.407 e. The fraction of sp³-hybridized carbons (Fsp3) is 0.158. The van der Waals surface area contributed by atoms with Crippen molar-refractivity contribution >= 4 is 12.4 Å². The first-order valence-corrected chi connectivity index (χ1v) is 7.41. The average Bonchev–Trinajstić information content (AvgIpc) is 2.60. The maximum Gasteiger partial charge on any atom is 0.407 e. The molecular formula is C19H17NO4.